The zero-order chi connectivity index (χ0) is 23.4. The van der Waals surface area contributed by atoms with E-state index >= 15 is 0 Å². The first-order chi connectivity index (χ1) is 15.9. The second-order valence-corrected chi connectivity index (χ2v) is 8.61. The third-order valence-electron chi connectivity index (χ3n) is 4.78. The SMILES string of the molecule is Cn1ncc2c(=O)n(CC(=O)NNC(=O)c3ccc(CSc4ccc(Cl)cc4)cc3)cnc21. The number of nitrogens with one attached hydrogen (secondary N) is 2. The molecule has 0 saturated carbocycles. The van der Waals surface area contributed by atoms with Gasteiger partial charge in [-0.15, -0.1) is 11.8 Å². The van der Waals surface area contributed by atoms with Crippen molar-refractivity contribution in [3.63, 3.8) is 0 Å². The molecule has 0 atom stereocenters. The van der Waals surface area contributed by atoms with Crippen LogP contribution in [-0.2, 0) is 24.1 Å². The van der Waals surface area contributed by atoms with E-state index in [9.17, 15) is 14.4 Å². The van der Waals surface area contributed by atoms with Crippen LogP contribution in [0.3, 0.4) is 0 Å². The number of benzene rings is 2. The number of nitrogens with zero attached hydrogens (tertiary/aromatic N) is 4. The fraction of sp³-hybridized carbons (Fsp3) is 0.136. The summed E-state index contributed by atoms with van der Waals surface area (Å²) in [5.74, 6) is -0.287. The average molecular weight is 483 g/mol. The number of hydrazine groups is 1. The van der Waals surface area contributed by atoms with Crippen molar-refractivity contribution in [1.29, 1.82) is 0 Å². The van der Waals surface area contributed by atoms with Crippen LogP contribution in [-0.4, -0.2) is 31.1 Å². The van der Waals surface area contributed by atoms with Crippen molar-refractivity contribution >= 4 is 46.2 Å². The van der Waals surface area contributed by atoms with Crippen molar-refractivity contribution in [2.24, 2.45) is 7.05 Å². The predicted molar refractivity (Wildman–Crippen MR) is 126 cm³/mol. The number of thioether (sulfide) groups is 1. The summed E-state index contributed by atoms with van der Waals surface area (Å²) in [6.45, 7) is -0.294. The Labute approximate surface area is 197 Å². The summed E-state index contributed by atoms with van der Waals surface area (Å²) in [4.78, 5) is 42.2. The molecule has 2 aromatic carbocycles. The largest absolute Gasteiger partial charge is 0.289 e. The second-order valence-electron chi connectivity index (χ2n) is 7.12. The van der Waals surface area contributed by atoms with Crippen LogP contribution in [0.2, 0.25) is 5.02 Å². The summed E-state index contributed by atoms with van der Waals surface area (Å²) in [5.41, 5.74) is 6.15. The standard InChI is InChI=1S/C22H19ClN6O3S/c1-28-20-18(10-25-28)22(32)29(13-24-20)11-19(30)26-27-21(31)15-4-2-14(3-5-15)12-33-17-8-6-16(23)7-9-17/h2-10,13H,11-12H2,1H3,(H,26,30)(H,27,31). The quantitative estimate of drug-likeness (QED) is 0.323. The van der Waals surface area contributed by atoms with Crippen molar-refractivity contribution in [2.45, 2.75) is 17.2 Å². The molecule has 0 fully saturated rings. The van der Waals surface area contributed by atoms with Gasteiger partial charge in [-0.25, -0.2) is 4.98 Å². The highest BCUT2D eigenvalue weighted by Crippen LogP contribution is 2.24. The van der Waals surface area contributed by atoms with E-state index in [0.717, 1.165) is 20.8 Å². The first kappa shape index (κ1) is 22.6. The lowest BCUT2D eigenvalue weighted by molar-refractivity contribution is -0.122. The predicted octanol–water partition coefficient (Wildman–Crippen LogP) is 2.54. The van der Waals surface area contributed by atoms with Gasteiger partial charge in [0.25, 0.3) is 17.4 Å². The Balaban J connectivity index is 1.29. The number of hydrogen-bond acceptors (Lipinski definition) is 6. The molecule has 0 spiro atoms. The van der Waals surface area contributed by atoms with Gasteiger partial charge in [0, 0.05) is 28.3 Å². The smallest absolute Gasteiger partial charge is 0.269 e. The molecule has 0 radical (unpaired) electrons. The summed E-state index contributed by atoms with van der Waals surface area (Å²) in [5, 5.41) is 4.99. The van der Waals surface area contributed by atoms with Crippen molar-refractivity contribution in [1.82, 2.24) is 30.2 Å². The molecule has 0 aliphatic rings. The number of aromatic nitrogens is 4. The first-order valence-corrected chi connectivity index (χ1v) is 11.2. The fourth-order valence-electron chi connectivity index (χ4n) is 3.02. The minimum Gasteiger partial charge on any atom is -0.289 e. The lowest BCUT2D eigenvalue weighted by Crippen LogP contribution is -2.44. The van der Waals surface area contributed by atoms with E-state index in [0.29, 0.717) is 21.6 Å². The number of hydrogen-bond donors (Lipinski definition) is 2. The maximum atomic E-state index is 12.4. The number of amides is 2. The maximum absolute atomic E-state index is 12.4. The lowest BCUT2D eigenvalue weighted by atomic mass is 10.1. The van der Waals surface area contributed by atoms with Gasteiger partial charge < -0.3 is 0 Å². The van der Waals surface area contributed by atoms with Gasteiger partial charge in [0.1, 0.15) is 18.3 Å². The molecule has 0 bridgehead atoms. The summed E-state index contributed by atoms with van der Waals surface area (Å²) in [7, 11) is 1.67. The molecule has 33 heavy (non-hydrogen) atoms. The molecule has 2 amide bonds. The molecule has 0 saturated heterocycles. The van der Waals surface area contributed by atoms with Gasteiger partial charge in [0.05, 0.1) is 6.20 Å². The first-order valence-electron chi connectivity index (χ1n) is 9.84. The molecule has 2 aromatic heterocycles. The Morgan fingerprint density at radius 3 is 2.52 bits per heavy atom. The number of carbonyl (C=O) groups excluding carboxylic acids is 2. The van der Waals surface area contributed by atoms with Crippen LogP contribution < -0.4 is 16.4 Å². The van der Waals surface area contributed by atoms with Gasteiger partial charge in [-0.1, -0.05) is 23.7 Å². The van der Waals surface area contributed by atoms with Crippen molar-refractivity contribution in [2.75, 3.05) is 0 Å². The summed E-state index contributed by atoms with van der Waals surface area (Å²) in [6.07, 6.45) is 2.67. The highest BCUT2D eigenvalue weighted by atomic mass is 35.5. The Morgan fingerprint density at radius 1 is 1.06 bits per heavy atom. The second kappa shape index (κ2) is 9.88. The molecule has 168 valence electrons. The molecule has 4 rings (SSSR count). The van der Waals surface area contributed by atoms with E-state index in [1.165, 1.54) is 17.2 Å². The molecule has 2 heterocycles. The summed E-state index contributed by atoms with van der Waals surface area (Å²) >= 11 is 7.56. The van der Waals surface area contributed by atoms with Gasteiger partial charge in [-0.2, -0.15) is 5.10 Å². The van der Waals surface area contributed by atoms with Crippen LogP contribution in [0, 0.1) is 0 Å². The molecule has 4 aromatic rings. The molecular formula is C22H19ClN6O3S. The van der Waals surface area contributed by atoms with Crippen LogP contribution in [0.25, 0.3) is 11.0 Å². The van der Waals surface area contributed by atoms with Crippen molar-refractivity contribution in [3.8, 4) is 0 Å². The summed E-state index contributed by atoms with van der Waals surface area (Å²) < 4.78 is 2.63. The van der Waals surface area contributed by atoms with Crippen LogP contribution in [0.1, 0.15) is 15.9 Å². The van der Waals surface area contributed by atoms with Gasteiger partial charge >= 0.3 is 0 Å². The zero-order valence-corrected chi connectivity index (χ0v) is 19.1. The maximum Gasteiger partial charge on any atom is 0.269 e. The van der Waals surface area contributed by atoms with E-state index in [-0.39, 0.29) is 12.1 Å². The van der Waals surface area contributed by atoms with Crippen LogP contribution in [0.4, 0.5) is 0 Å². The zero-order valence-electron chi connectivity index (χ0n) is 17.5. The molecular weight excluding hydrogens is 464 g/mol. The molecule has 2 N–H and O–H groups in total. The Kier molecular flexibility index (Phi) is 6.76. The molecule has 0 unspecified atom stereocenters. The van der Waals surface area contributed by atoms with E-state index in [1.54, 1.807) is 30.9 Å². The van der Waals surface area contributed by atoms with Crippen molar-refractivity contribution in [3.05, 3.63) is 87.6 Å². The van der Waals surface area contributed by atoms with E-state index in [4.69, 9.17) is 11.6 Å². The van der Waals surface area contributed by atoms with Crippen LogP contribution >= 0.6 is 23.4 Å². The topological polar surface area (TPSA) is 111 Å². The van der Waals surface area contributed by atoms with Gasteiger partial charge in [-0.05, 0) is 42.0 Å². The monoisotopic (exact) mass is 482 g/mol. The average Bonchev–Trinajstić information content (AvgIpc) is 3.20. The number of fused-ring (bicyclic) bond motifs is 1. The third-order valence-corrected chi connectivity index (χ3v) is 6.12. The Hall–Kier alpha value is -3.63. The van der Waals surface area contributed by atoms with Gasteiger partial charge in [0.2, 0.25) is 0 Å². The highest BCUT2D eigenvalue weighted by molar-refractivity contribution is 7.98. The minimum atomic E-state index is -0.563. The molecule has 0 aliphatic heterocycles. The van der Waals surface area contributed by atoms with Gasteiger partial charge in [0.15, 0.2) is 5.65 Å². The normalized spacial score (nSPS) is 10.8. The molecule has 0 aliphatic carbocycles. The van der Waals surface area contributed by atoms with E-state index < -0.39 is 11.8 Å². The lowest BCUT2D eigenvalue weighted by Gasteiger charge is -2.09. The van der Waals surface area contributed by atoms with E-state index in [2.05, 4.69) is 20.9 Å². The van der Waals surface area contributed by atoms with Crippen LogP contribution in [0.5, 0.6) is 0 Å². The minimum absolute atomic E-state index is 0.294. The molecule has 9 nitrogen and oxygen atoms in total. The Bertz CT molecular complexity index is 1370. The Morgan fingerprint density at radius 2 is 1.79 bits per heavy atom. The van der Waals surface area contributed by atoms with Crippen molar-refractivity contribution < 1.29 is 9.59 Å². The number of aryl methyl sites for hydroxylation is 1. The fourth-order valence-corrected chi connectivity index (χ4v) is 4.00. The molecule has 11 heteroatoms. The highest BCUT2D eigenvalue weighted by Gasteiger charge is 2.12. The number of halogens is 1. The third kappa shape index (κ3) is 5.41. The summed E-state index contributed by atoms with van der Waals surface area (Å²) in [6, 6.07) is 14.7. The van der Waals surface area contributed by atoms with Gasteiger partial charge in [-0.3, -0.25) is 34.5 Å². The van der Waals surface area contributed by atoms with Crippen LogP contribution in [0.15, 0.2) is 70.7 Å². The van der Waals surface area contributed by atoms with E-state index in [1.807, 2.05) is 36.4 Å². The number of rotatable bonds is 6. The number of carbonyl (C=O) groups is 2.